The zero-order valence-corrected chi connectivity index (χ0v) is 15.3. The number of amides is 1. The van der Waals surface area contributed by atoms with Crippen molar-refractivity contribution < 1.29 is 27.4 Å². The molecule has 0 atom stereocenters. The minimum atomic E-state index is -4.50. The summed E-state index contributed by atoms with van der Waals surface area (Å²) in [7, 11) is 3.35. The first-order valence-corrected chi connectivity index (χ1v) is 8.24. The highest BCUT2D eigenvalue weighted by atomic mass is 19.4. The number of carbonyl (C=O) groups excluding carboxylic acids is 1. The predicted octanol–water partition coefficient (Wildman–Crippen LogP) is 4.19. The minimum Gasteiger partial charge on any atom is -0.494 e. The summed E-state index contributed by atoms with van der Waals surface area (Å²) >= 11 is 0. The lowest BCUT2D eigenvalue weighted by Gasteiger charge is -2.20. The molecule has 0 bridgehead atoms. The Bertz CT molecular complexity index is 775. The number of halogens is 3. The van der Waals surface area contributed by atoms with E-state index in [0.717, 1.165) is 12.1 Å². The van der Waals surface area contributed by atoms with Crippen molar-refractivity contribution in [1.82, 2.24) is 0 Å². The molecule has 0 fully saturated rings. The second-order valence-corrected chi connectivity index (χ2v) is 5.87. The van der Waals surface area contributed by atoms with Crippen LogP contribution in [-0.2, 0) is 11.0 Å². The van der Waals surface area contributed by atoms with Gasteiger partial charge in [-0.3, -0.25) is 4.79 Å². The summed E-state index contributed by atoms with van der Waals surface area (Å²) in [5, 5.41) is 2.48. The SMILES string of the molecule is CCOc1ccc(OCC(=O)Nc2cc(C(F)(F)F)ccc2N(C)C)cc1. The maximum absolute atomic E-state index is 12.9. The summed E-state index contributed by atoms with van der Waals surface area (Å²) in [5.74, 6) is 0.561. The van der Waals surface area contributed by atoms with Crippen LogP contribution in [0.5, 0.6) is 11.5 Å². The Morgan fingerprint density at radius 3 is 2.15 bits per heavy atom. The standard InChI is InChI=1S/C19H21F3N2O3/c1-4-26-14-6-8-15(9-7-14)27-12-18(25)23-16-11-13(19(20,21)22)5-10-17(16)24(2)3/h5-11H,4,12H2,1-3H3,(H,23,25). The second kappa shape index (κ2) is 8.66. The van der Waals surface area contributed by atoms with Crippen molar-refractivity contribution in [2.75, 3.05) is 37.5 Å². The van der Waals surface area contributed by atoms with Gasteiger partial charge < -0.3 is 19.7 Å². The summed E-state index contributed by atoms with van der Waals surface area (Å²) in [4.78, 5) is 13.7. The largest absolute Gasteiger partial charge is 0.494 e. The molecular formula is C19H21F3N2O3. The first-order valence-electron chi connectivity index (χ1n) is 8.24. The van der Waals surface area contributed by atoms with Crippen LogP contribution in [0.3, 0.4) is 0 Å². The molecule has 0 saturated carbocycles. The molecule has 0 aromatic heterocycles. The van der Waals surface area contributed by atoms with E-state index in [1.807, 2.05) is 6.92 Å². The zero-order valence-electron chi connectivity index (χ0n) is 15.3. The van der Waals surface area contributed by atoms with Gasteiger partial charge in [0.25, 0.3) is 5.91 Å². The molecule has 0 heterocycles. The Hall–Kier alpha value is -2.90. The average Bonchev–Trinajstić information content (AvgIpc) is 2.60. The van der Waals surface area contributed by atoms with Crippen LogP contribution < -0.4 is 19.7 Å². The van der Waals surface area contributed by atoms with Crippen molar-refractivity contribution in [2.24, 2.45) is 0 Å². The van der Waals surface area contributed by atoms with Gasteiger partial charge in [-0.15, -0.1) is 0 Å². The van der Waals surface area contributed by atoms with Crippen molar-refractivity contribution in [3.8, 4) is 11.5 Å². The summed E-state index contributed by atoms with van der Waals surface area (Å²) in [5.41, 5.74) is -0.316. The number of ether oxygens (including phenoxy) is 2. The molecule has 2 aromatic carbocycles. The molecule has 0 unspecified atom stereocenters. The number of carbonyl (C=O) groups is 1. The highest BCUT2D eigenvalue weighted by Crippen LogP contribution is 2.34. The van der Waals surface area contributed by atoms with Crippen LogP contribution in [0.4, 0.5) is 24.5 Å². The number of hydrogen-bond acceptors (Lipinski definition) is 4. The Kier molecular flexibility index (Phi) is 6.55. The summed E-state index contributed by atoms with van der Waals surface area (Å²) < 4.78 is 49.5. The van der Waals surface area contributed by atoms with E-state index in [1.165, 1.54) is 6.07 Å². The van der Waals surface area contributed by atoms with Crippen LogP contribution >= 0.6 is 0 Å². The van der Waals surface area contributed by atoms with Gasteiger partial charge in [0.15, 0.2) is 6.61 Å². The van der Waals surface area contributed by atoms with Gasteiger partial charge in [-0.2, -0.15) is 13.2 Å². The number of anilines is 2. The van der Waals surface area contributed by atoms with Crippen LogP contribution in [0.25, 0.3) is 0 Å². The van der Waals surface area contributed by atoms with E-state index >= 15 is 0 Å². The van der Waals surface area contributed by atoms with Crippen molar-refractivity contribution in [3.63, 3.8) is 0 Å². The number of nitrogens with zero attached hydrogens (tertiary/aromatic N) is 1. The molecule has 1 N–H and O–H groups in total. The topological polar surface area (TPSA) is 50.8 Å². The van der Waals surface area contributed by atoms with Crippen molar-refractivity contribution in [1.29, 1.82) is 0 Å². The van der Waals surface area contributed by atoms with E-state index in [9.17, 15) is 18.0 Å². The summed E-state index contributed by atoms with van der Waals surface area (Å²) in [6, 6.07) is 9.89. The number of benzene rings is 2. The van der Waals surface area contributed by atoms with Crippen LogP contribution in [0.1, 0.15) is 12.5 Å². The number of nitrogens with one attached hydrogen (secondary N) is 1. The van der Waals surface area contributed by atoms with Gasteiger partial charge in [0.2, 0.25) is 0 Å². The van der Waals surface area contributed by atoms with Gasteiger partial charge in [0.1, 0.15) is 11.5 Å². The minimum absolute atomic E-state index is 0.0649. The number of hydrogen-bond donors (Lipinski definition) is 1. The van der Waals surface area contributed by atoms with E-state index in [-0.39, 0.29) is 12.3 Å². The predicted molar refractivity (Wildman–Crippen MR) is 97.5 cm³/mol. The molecule has 8 heteroatoms. The van der Waals surface area contributed by atoms with Crippen molar-refractivity contribution >= 4 is 17.3 Å². The van der Waals surface area contributed by atoms with E-state index in [4.69, 9.17) is 9.47 Å². The normalized spacial score (nSPS) is 11.0. The lowest BCUT2D eigenvalue weighted by atomic mass is 10.1. The first kappa shape index (κ1) is 20.4. The molecule has 0 aliphatic heterocycles. The monoisotopic (exact) mass is 382 g/mol. The van der Waals surface area contributed by atoms with Gasteiger partial charge in [-0.1, -0.05) is 0 Å². The van der Waals surface area contributed by atoms with Gasteiger partial charge in [0.05, 0.1) is 23.5 Å². The molecule has 5 nitrogen and oxygen atoms in total. The maximum Gasteiger partial charge on any atom is 0.416 e. The third-order valence-electron chi connectivity index (χ3n) is 3.58. The fourth-order valence-electron chi connectivity index (χ4n) is 2.34. The Balaban J connectivity index is 2.05. The Morgan fingerprint density at radius 1 is 1.04 bits per heavy atom. The summed E-state index contributed by atoms with van der Waals surface area (Å²) in [6.45, 7) is 2.06. The zero-order chi connectivity index (χ0) is 20.0. The molecule has 1 amide bonds. The van der Waals surface area contributed by atoms with E-state index in [1.54, 1.807) is 43.3 Å². The third-order valence-corrected chi connectivity index (χ3v) is 3.58. The lowest BCUT2D eigenvalue weighted by molar-refractivity contribution is -0.137. The van der Waals surface area contributed by atoms with Gasteiger partial charge >= 0.3 is 6.18 Å². The highest BCUT2D eigenvalue weighted by molar-refractivity contribution is 5.95. The fourth-order valence-corrected chi connectivity index (χ4v) is 2.34. The van der Waals surface area contributed by atoms with Crippen LogP contribution in [0.15, 0.2) is 42.5 Å². The lowest BCUT2D eigenvalue weighted by Crippen LogP contribution is -2.22. The second-order valence-electron chi connectivity index (χ2n) is 5.87. The van der Waals surface area contributed by atoms with Crippen LogP contribution in [0.2, 0.25) is 0 Å². The van der Waals surface area contributed by atoms with Crippen molar-refractivity contribution in [3.05, 3.63) is 48.0 Å². The Morgan fingerprint density at radius 2 is 1.63 bits per heavy atom. The van der Waals surface area contributed by atoms with Crippen LogP contribution in [0, 0.1) is 0 Å². The molecule has 146 valence electrons. The smallest absolute Gasteiger partial charge is 0.416 e. The highest BCUT2D eigenvalue weighted by Gasteiger charge is 2.31. The summed E-state index contributed by atoms with van der Waals surface area (Å²) in [6.07, 6.45) is -4.50. The molecule has 0 aliphatic carbocycles. The number of alkyl halides is 3. The first-order chi connectivity index (χ1) is 12.7. The molecule has 0 radical (unpaired) electrons. The number of rotatable bonds is 7. The van der Waals surface area contributed by atoms with Crippen LogP contribution in [-0.4, -0.2) is 33.2 Å². The molecule has 2 aromatic rings. The third kappa shape index (κ3) is 5.80. The Labute approximate surface area is 155 Å². The van der Waals surface area contributed by atoms with Gasteiger partial charge in [-0.25, -0.2) is 0 Å². The van der Waals surface area contributed by atoms with E-state index in [2.05, 4.69) is 5.32 Å². The quantitative estimate of drug-likeness (QED) is 0.780. The molecular weight excluding hydrogens is 361 g/mol. The van der Waals surface area contributed by atoms with Gasteiger partial charge in [0, 0.05) is 14.1 Å². The molecule has 0 aliphatic rings. The van der Waals surface area contributed by atoms with E-state index in [0.29, 0.717) is 23.8 Å². The fraction of sp³-hybridized carbons (Fsp3) is 0.316. The molecule has 0 spiro atoms. The van der Waals surface area contributed by atoms with Crippen molar-refractivity contribution in [2.45, 2.75) is 13.1 Å². The molecule has 0 saturated heterocycles. The molecule has 27 heavy (non-hydrogen) atoms. The van der Waals surface area contributed by atoms with E-state index < -0.39 is 17.6 Å². The molecule has 2 rings (SSSR count). The average molecular weight is 382 g/mol. The maximum atomic E-state index is 12.9. The van der Waals surface area contributed by atoms with Gasteiger partial charge in [-0.05, 0) is 49.4 Å².